The predicted octanol–water partition coefficient (Wildman–Crippen LogP) is 1.45. The van der Waals surface area contributed by atoms with Gasteiger partial charge < -0.3 is 29.4 Å². The van der Waals surface area contributed by atoms with Crippen LogP contribution in [-0.2, 0) is 49.5 Å². The van der Waals surface area contributed by atoms with Crippen LogP contribution in [0.3, 0.4) is 0 Å². The number of aliphatic hydroxyl groups is 1. The normalized spacial score (nSPS) is 17.1. The first-order chi connectivity index (χ1) is 24.6. The summed E-state index contributed by atoms with van der Waals surface area (Å²) in [5.74, 6) is -2.45. The van der Waals surface area contributed by atoms with Crippen LogP contribution in [0.25, 0.3) is 0 Å². The second-order valence-corrected chi connectivity index (χ2v) is 16.2. The van der Waals surface area contributed by atoms with E-state index in [1.54, 1.807) is 67.2 Å². The van der Waals surface area contributed by atoms with Crippen molar-refractivity contribution in [3.05, 3.63) is 35.9 Å². The monoisotopic (exact) mass is 749 g/mol. The van der Waals surface area contributed by atoms with Crippen molar-refractivity contribution in [1.29, 1.82) is 0 Å². The number of carbonyl (C=O) groups excluding carboxylic acids is 5. The highest BCUT2D eigenvalue weighted by molar-refractivity contribution is 5.85. The average Bonchev–Trinajstić information content (AvgIpc) is 3.01. The number of hydrogen-bond donors (Lipinski definition) is 2. The van der Waals surface area contributed by atoms with Gasteiger partial charge in [-0.3, -0.25) is 43.6 Å². The van der Waals surface area contributed by atoms with Crippen LogP contribution in [-0.4, -0.2) is 162 Å². The van der Waals surface area contributed by atoms with Gasteiger partial charge in [0.05, 0.1) is 26.2 Å². The summed E-state index contributed by atoms with van der Waals surface area (Å²) in [6, 6.07) is 8.11. The number of ether oxygens (including phenoxy) is 4. The van der Waals surface area contributed by atoms with Crippen LogP contribution in [0.15, 0.2) is 30.3 Å². The number of rotatable bonds is 13. The zero-order valence-corrected chi connectivity index (χ0v) is 33.3. The summed E-state index contributed by atoms with van der Waals surface area (Å²) in [5.41, 5.74) is -1.26. The molecule has 2 rings (SSSR count). The molecule has 1 atom stereocenters. The lowest BCUT2D eigenvalue weighted by molar-refractivity contribution is -0.158. The Balaban J connectivity index is 2.30. The molecular formula is C38H63N5O10. The third-order valence-electron chi connectivity index (χ3n) is 7.76. The summed E-state index contributed by atoms with van der Waals surface area (Å²) >= 11 is 0. The van der Waals surface area contributed by atoms with Crippen molar-refractivity contribution in [2.45, 2.75) is 91.8 Å². The summed E-state index contributed by atoms with van der Waals surface area (Å²) in [5, 5.41) is 13.1. The molecule has 1 aliphatic heterocycles. The molecule has 1 aliphatic rings. The Hall–Kier alpha value is -3.63. The second kappa shape index (κ2) is 21.3. The Morgan fingerprint density at radius 2 is 1.00 bits per heavy atom. The van der Waals surface area contributed by atoms with Crippen LogP contribution in [0.1, 0.15) is 67.9 Å². The highest BCUT2D eigenvalue weighted by atomic mass is 16.6. The fourth-order valence-electron chi connectivity index (χ4n) is 5.44. The number of benzene rings is 1. The lowest BCUT2D eigenvalue weighted by atomic mass is 10.2. The van der Waals surface area contributed by atoms with E-state index in [0.717, 1.165) is 5.56 Å². The van der Waals surface area contributed by atoms with Gasteiger partial charge in [-0.25, -0.2) is 0 Å². The molecule has 0 aromatic heterocycles. The van der Waals surface area contributed by atoms with Gasteiger partial charge in [0, 0.05) is 52.4 Å². The first-order valence-corrected chi connectivity index (χ1v) is 18.3. The SMILES string of the molecule is CC(C)(C)OC(=O)CN1CCN(CC(=O)OC(C)(C)C)CCN(C(CO)C(=O)NCC(=O)OCc2ccccc2)CCN(CC(=O)OC(C)(C)C)CC1. The van der Waals surface area contributed by atoms with Gasteiger partial charge in [0.2, 0.25) is 5.91 Å². The van der Waals surface area contributed by atoms with Crippen molar-refractivity contribution in [3.8, 4) is 0 Å². The number of nitrogens with zero attached hydrogens (tertiary/aromatic N) is 4. The smallest absolute Gasteiger partial charge is 0.325 e. The van der Waals surface area contributed by atoms with E-state index in [1.165, 1.54) is 0 Å². The highest BCUT2D eigenvalue weighted by Gasteiger charge is 2.30. The van der Waals surface area contributed by atoms with Crippen molar-refractivity contribution in [2.24, 2.45) is 0 Å². The lowest BCUT2D eigenvalue weighted by Gasteiger charge is -2.36. The Labute approximate surface area is 315 Å². The Bertz CT molecular complexity index is 1280. The second-order valence-electron chi connectivity index (χ2n) is 16.2. The summed E-state index contributed by atoms with van der Waals surface area (Å²) in [6.45, 7) is 17.8. The molecule has 1 amide bonds. The molecule has 15 nitrogen and oxygen atoms in total. The first kappa shape index (κ1) is 45.5. The van der Waals surface area contributed by atoms with E-state index >= 15 is 0 Å². The number of esters is 4. The minimum absolute atomic E-state index is 0.00446. The zero-order valence-electron chi connectivity index (χ0n) is 33.3. The van der Waals surface area contributed by atoms with Crippen molar-refractivity contribution in [3.63, 3.8) is 0 Å². The molecule has 1 fully saturated rings. The molecule has 2 N–H and O–H groups in total. The molecule has 0 saturated carbocycles. The molecule has 1 heterocycles. The van der Waals surface area contributed by atoms with E-state index in [2.05, 4.69) is 5.32 Å². The third kappa shape index (κ3) is 20.4. The molecule has 1 unspecified atom stereocenters. The third-order valence-corrected chi connectivity index (χ3v) is 7.76. The number of carbonyl (C=O) groups is 5. The maximum Gasteiger partial charge on any atom is 0.325 e. The molecule has 1 saturated heterocycles. The summed E-state index contributed by atoms with van der Waals surface area (Å²) in [6.07, 6.45) is 0. The highest BCUT2D eigenvalue weighted by Crippen LogP contribution is 2.12. The summed E-state index contributed by atoms with van der Waals surface area (Å²) < 4.78 is 22.1. The molecule has 1 aromatic rings. The van der Waals surface area contributed by atoms with Crippen molar-refractivity contribution >= 4 is 29.8 Å². The minimum atomic E-state index is -1.05. The van der Waals surface area contributed by atoms with Gasteiger partial charge in [0.15, 0.2) is 0 Å². The van der Waals surface area contributed by atoms with Gasteiger partial charge in [-0.1, -0.05) is 30.3 Å². The van der Waals surface area contributed by atoms with Crippen LogP contribution >= 0.6 is 0 Å². The predicted molar refractivity (Wildman–Crippen MR) is 199 cm³/mol. The van der Waals surface area contributed by atoms with Crippen LogP contribution in [0.5, 0.6) is 0 Å². The maximum absolute atomic E-state index is 13.5. The molecule has 0 aliphatic carbocycles. The zero-order chi connectivity index (χ0) is 39.8. The molecule has 0 radical (unpaired) electrons. The molecule has 1 aromatic carbocycles. The van der Waals surface area contributed by atoms with Crippen molar-refractivity contribution in [2.75, 3.05) is 85.1 Å². The maximum atomic E-state index is 13.5. The van der Waals surface area contributed by atoms with Gasteiger partial charge in [-0.15, -0.1) is 0 Å². The van der Waals surface area contributed by atoms with Crippen LogP contribution in [0.2, 0.25) is 0 Å². The molecular weight excluding hydrogens is 686 g/mol. The Morgan fingerprint density at radius 1 is 0.623 bits per heavy atom. The quantitative estimate of drug-likeness (QED) is 0.220. The van der Waals surface area contributed by atoms with Crippen LogP contribution in [0.4, 0.5) is 0 Å². The van der Waals surface area contributed by atoms with Gasteiger partial charge in [0.1, 0.15) is 36.0 Å². The topological polar surface area (TPSA) is 167 Å². The first-order valence-electron chi connectivity index (χ1n) is 18.3. The van der Waals surface area contributed by atoms with Crippen LogP contribution in [0, 0.1) is 0 Å². The number of nitrogens with one attached hydrogen (secondary N) is 1. The van der Waals surface area contributed by atoms with Crippen molar-refractivity contribution in [1.82, 2.24) is 24.9 Å². The summed E-state index contributed by atoms with van der Waals surface area (Å²) in [4.78, 5) is 72.2. The van der Waals surface area contributed by atoms with Gasteiger partial charge in [0.25, 0.3) is 0 Å². The fourth-order valence-corrected chi connectivity index (χ4v) is 5.44. The lowest BCUT2D eigenvalue weighted by Crippen LogP contribution is -2.55. The van der Waals surface area contributed by atoms with Gasteiger partial charge in [-0.05, 0) is 67.9 Å². The van der Waals surface area contributed by atoms with E-state index in [-0.39, 0.29) is 45.9 Å². The van der Waals surface area contributed by atoms with E-state index < -0.39 is 59.2 Å². The Kier molecular flexibility index (Phi) is 18.3. The molecule has 0 spiro atoms. The average molecular weight is 750 g/mol. The van der Waals surface area contributed by atoms with Crippen LogP contribution < -0.4 is 5.32 Å². The molecule has 300 valence electrons. The number of hydrogen-bond acceptors (Lipinski definition) is 14. The standard InChI is InChI=1S/C38H63N5O10/c1-36(2,3)51-32(46)24-40-15-17-41(25-33(47)52-37(4,5)6)19-21-43(22-20-42(18-16-40)26-34(48)53-38(7,8)9)30(27-44)35(49)39-23-31(45)50-28-29-13-11-10-12-14-29/h10-14,30,44H,15-28H2,1-9H3,(H,39,49). The van der Waals surface area contributed by atoms with E-state index in [0.29, 0.717) is 39.3 Å². The molecule has 53 heavy (non-hydrogen) atoms. The van der Waals surface area contributed by atoms with E-state index in [9.17, 15) is 29.1 Å². The Morgan fingerprint density at radius 3 is 1.36 bits per heavy atom. The fraction of sp³-hybridized carbons (Fsp3) is 0.711. The molecule has 0 bridgehead atoms. The minimum Gasteiger partial charge on any atom is -0.460 e. The largest absolute Gasteiger partial charge is 0.460 e. The number of amides is 1. The van der Waals surface area contributed by atoms with Gasteiger partial charge >= 0.3 is 23.9 Å². The number of aliphatic hydroxyl groups excluding tert-OH is 1. The van der Waals surface area contributed by atoms with E-state index in [1.807, 2.05) is 45.0 Å². The van der Waals surface area contributed by atoms with Crippen molar-refractivity contribution < 1.29 is 48.0 Å². The molecule has 15 heteroatoms. The summed E-state index contributed by atoms with van der Waals surface area (Å²) in [7, 11) is 0. The van der Waals surface area contributed by atoms with Gasteiger partial charge in [-0.2, -0.15) is 0 Å². The van der Waals surface area contributed by atoms with E-state index in [4.69, 9.17) is 18.9 Å².